The zero-order valence-electron chi connectivity index (χ0n) is 13.9. The van der Waals surface area contributed by atoms with Crippen LogP contribution >= 0.6 is 0 Å². The number of ether oxygens (including phenoxy) is 1. The van der Waals surface area contributed by atoms with E-state index < -0.39 is 51.7 Å². The third-order valence-electron chi connectivity index (χ3n) is 3.88. The Hall–Kier alpha value is -3.24. The number of hydrogen-bond acceptors (Lipinski definition) is 4. The summed E-state index contributed by atoms with van der Waals surface area (Å²) >= 11 is 0. The summed E-state index contributed by atoms with van der Waals surface area (Å²) in [5.74, 6) is -0.711. The molecule has 0 atom stereocenters. The summed E-state index contributed by atoms with van der Waals surface area (Å²) in [5.41, 5.74) is -7.49. The number of phenolic OH excluding ortho intramolecular Hbond substituents is 1. The molecule has 0 saturated carbocycles. The van der Waals surface area contributed by atoms with Crippen molar-refractivity contribution in [2.45, 2.75) is 12.4 Å². The summed E-state index contributed by atoms with van der Waals surface area (Å²) in [6.07, 6.45) is -9.29. The highest BCUT2D eigenvalue weighted by atomic mass is 19.4. The van der Waals surface area contributed by atoms with Crippen LogP contribution in [0.5, 0.6) is 11.5 Å². The van der Waals surface area contributed by atoms with Crippen LogP contribution in [0.1, 0.15) is 11.3 Å². The van der Waals surface area contributed by atoms with Gasteiger partial charge in [0.1, 0.15) is 17.1 Å². The van der Waals surface area contributed by atoms with Crippen LogP contribution < -0.4 is 10.3 Å². The van der Waals surface area contributed by atoms with Crippen molar-refractivity contribution in [3.8, 4) is 22.6 Å². The van der Waals surface area contributed by atoms with Crippen LogP contribution in [0.3, 0.4) is 0 Å². The number of nitrogens with zero attached hydrogens (tertiary/aromatic N) is 2. The highest BCUT2D eigenvalue weighted by Crippen LogP contribution is 2.41. The van der Waals surface area contributed by atoms with E-state index in [-0.39, 0.29) is 11.8 Å². The van der Waals surface area contributed by atoms with E-state index in [1.54, 1.807) is 0 Å². The molecule has 0 bridgehead atoms. The SMILES string of the molecule is COc1ccn2c(=O)c(-c3ccc(O)cc3C(F)(F)F)c(C(F)(F)F)nc2c1. The standard InChI is InChI=1S/C17H10F6N2O3/c1-28-9-4-5-25-12(7-9)24-14(17(21,22)23)13(15(25)27)10-3-2-8(26)6-11(10)16(18,19)20/h2-7,26H,1H3. The molecule has 0 spiro atoms. The maximum absolute atomic E-state index is 13.6. The number of methoxy groups -OCH3 is 1. The van der Waals surface area contributed by atoms with Gasteiger partial charge in [0.25, 0.3) is 5.56 Å². The first-order valence-corrected chi connectivity index (χ1v) is 7.51. The van der Waals surface area contributed by atoms with Crippen molar-refractivity contribution in [2.24, 2.45) is 0 Å². The third-order valence-corrected chi connectivity index (χ3v) is 3.88. The van der Waals surface area contributed by atoms with E-state index in [4.69, 9.17) is 4.74 Å². The van der Waals surface area contributed by atoms with Crippen molar-refractivity contribution in [3.05, 3.63) is 58.1 Å². The molecule has 1 N–H and O–H groups in total. The predicted octanol–water partition coefficient (Wildman–Crippen LogP) is 4.11. The van der Waals surface area contributed by atoms with Gasteiger partial charge in [-0.2, -0.15) is 26.3 Å². The molecule has 2 aromatic heterocycles. The second kappa shape index (κ2) is 6.43. The molecule has 0 aliphatic carbocycles. The highest BCUT2D eigenvalue weighted by molar-refractivity contribution is 5.72. The maximum atomic E-state index is 13.6. The van der Waals surface area contributed by atoms with Crippen molar-refractivity contribution in [2.75, 3.05) is 7.11 Å². The largest absolute Gasteiger partial charge is 0.508 e. The molecule has 28 heavy (non-hydrogen) atoms. The van der Waals surface area contributed by atoms with E-state index in [1.165, 1.54) is 13.2 Å². The second-order valence-electron chi connectivity index (χ2n) is 5.66. The van der Waals surface area contributed by atoms with E-state index in [1.807, 2.05) is 0 Å². The molecule has 0 fully saturated rings. The van der Waals surface area contributed by atoms with Gasteiger partial charge >= 0.3 is 12.4 Å². The first kappa shape index (κ1) is 19.5. The second-order valence-corrected chi connectivity index (χ2v) is 5.66. The van der Waals surface area contributed by atoms with E-state index >= 15 is 0 Å². The van der Waals surface area contributed by atoms with Crippen molar-refractivity contribution in [3.63, 3.8) is 0 Å². The molecular formula is C17H10F6N2O3. The lowest BCUT2D eigenvalue weighted by Gasteiger charge is -2.17. The smallest absolute Gasteiger partial charge is 0.434 e. The Morgan fingerprint density at radius 2 is 1.71 bits per heavy atom. The van der Waals surface area contributed by atoms with Crippen LogP contribution in [0.2, 0.25) is 0 Å². The molecule has 0 aliphatic heterocycles. The number of alkyl halides is 6. The average molecular weight is 404 g/mol. The molecule has 148 valence electrons. The topological polar surface area (TPSA) is 63.8 Å². The lowest BCUT2D eigenvalue weighted by atomic mass is 9.98. The fourth-order valence-electron chi connectivity index (χ4n) is 2.68. The number of aromatic hydroxyl groups is 1. The molecule has 1 aromatic carbocycles. The number of benzene rings is 1. The number of aromatic nitrogens is 2. The third kappa shape index (κ3) is 3.35. The van der Waals surface area contributed by atoms with Gasteiger partial charge in [-0.3, -0.25) is 9.20 Å². The number of rotatable bonds is 2. The van der Waals surface area contributed by atoms with Gasteiger partial charge in [-0.05, 0) is 24.3 Å². The van der Waals surface area contributed by atoms with E-state index in [2.05, 4.69) is 4.98 Å². The summed E-state index contributed by atoms with van der Waals surface area (Å²) < 4.78 is 86.3. The fraction of sp³-hybridized carbons (Fsp3) is 0.176. The zero-order valence-corrected chi connectivity index (χ0v) is 13.9. The summed E-state index contributed by atoms with van der Waals surface area (Å²) in [5, 5.41) is 9.34. The molecule has 0 unspecified atom stereocenters. The predicted molar refractivity (Wildman–Crippen MR) is 85.1 cm³/mol. The Morgan fingerprint density at radius 3 is 2.29 bits per heavy atom. The first-order chi connectivity index (χ1) is 12.9. The first-order valence-electron chi connectivity index (χ1n) is 7.51. The Balaban J connectivity index is 2.48. The minimum Gasteiger partial charge on any atom is -0.508 e. The van der Waals surface area contributed by atoms with Gasteiger partial charge < -0.3 is 9.84 Å². The molecule has 0 saturated heterocycles. The van der Waals surface area contributed by atoms with E-state index in [0.29, 0.717) is 10.5 Å². The summed E-state index contributed by atoms with van der Waals surface area (Å²) in [6.45, 7) is 0. The van der Waals surface area contributed by atoms with Crippen LogP contribution in [0.25, 0.3) is 16.8 Å². The molecule has 11 heteroatoms. The molecular weight excluding hydrogens is 394 g/mol. The van der Waals surface area contributed by atoms with Crippen LogP contribution in [0.15, 0.2) is 41.3 Å². The Morgan fingerprint density at radius 1 is 1.04 bits per heavy atom. The summed E-state index contributed by atoms with van der Waals surface area (Å²) in [7, 11) is 1.25. The lowest BCUT2D eigenvalue weighted by molar-refractivity contribution is -0.141. The average Bonchev–Trinajstić information content (AvgIpc) is 2.60. The molecule has 0 aliphatic rings. The minimum absolute atomic E-state index is 0.105. The van der Waals surface area contributed by atoms with Gasteiger partial charge in [0.15, 0.2) is 5.69 Å². The van der Waals surface area contributed by atoms with Crippen molar-refractivity contribution >= 4 is 5.65 Å². The Bertz CT molecular complexity index is 1120. The lowest BCUT2D eigenvalue weighted by Crippen LogP contribution is -2.25. The number of fused-ring (bicyclic) bond motifs is 1. The molecule has 5 nitrogen and oxygen atoms in total. The van der Waals surface area contributed by atoms with Gasteiger partial charge in [-0.1, -0.05) is 0 Å². The van der Waals surface area contributed by atoms with Crippen LogP contribution in [0.4, 0.5) is 26.3 Å². The molecule has 3 aromatic rings. The highest BCUT2D eigenvalue weighted by Gasteiger charge is 2.41. The summed E-state index contributed by atoms with van der Waals surface area (Å²) in [4.78, 5) is 16.1. The number of hydrogen-bond donors (Lipinski definition) is 1. The van der Waals surface area contributed by atoms with Gasteiger partial charge in [-0.15, -0.1) is 0 Å². The number of pyridine rings is 1. The van der Waals surface area contributed by atoms with E-state index in [9.17, 15) is 36.2 Å². The minimum atomic E-state index is -5.22. The monoisotopic (exact) mass is 404 g/mol. The van der Waals surface area contributed by atoms with Gasteiger partial charge in [-0.25, -0.2) is 4.98 Å². The van der Waals surface area contributed by atoms with E-state index in [0.717, 1.165) is 18.3 Å². The zero-order chi connectivity index (χ0) is 20.9. The van der Waals surface area contributed by atoms with Crippen LogP contribution in [0, 0.1) is 0 Å². The molecule has 3 rings (SSSR count). The molecule has 0 radical (unpaired) electrons. The van der Waals surface area contributed by atoms with Crippen molar-refractivity contribution in [1.82, 2.24) is 9.38 Å². The van der Waals surface area contributed by atoms with Crippen LogP contribution in [-0.4, -0.2) is 21.6 Å². The number of phenols is 1. The van der Waals surface area contributed by atoms with Crippen molar-refractivity contribution < 1.29 is 36.2 Å². The van der Waals surface area contributed by atoms with Gasteiger partial charge in [0.05, 0.1) is 18.2 Å². The normalized spacial score (nSPS) is 12.4. The molecule has 0 amide bonds. The van der Waals surface area contributed by atoms with Gasteiger partial charge in [0.2, 0.25) is 0 Å². The fourth-order valence-corrected chi connectivity index (χ4v) is 2.68. The van der Waals surface area contributed by atoms with Crippen molar-refractivity contribution in [1.29, 1.82) is 0 Å². The Kier molecular flexibility index (Phi) is 4.48. The summed E-state index contributed by atoms with van der Waals surface area (Å²) in [6, 6.07) is 3.89. The number of halogens is 6. The van der Waals surface area contributed by atoms with Crippen LogP contribution in [-0.2, 0) is 12.4 Å². The Labute approximate surface area is 152 Å². The quantitative estimate of drug-likeness (QED) is 0.653. The maximum Gasteiger partial charge on any atom is 0.434 e. The molecule has 2 heterocycles. The van der Waals surface area contributed by atoms with Gasteiger partial charge in [0, 0.05) is 17.8 Å².